The Balaban J connectivity index is 1.70. The van der Waals surface area contributed by atoms with E-state index in [1.807, 2.05) is 0 Å². The van der Waals surface area contributed by atoms with Crippen LogP contribution in [0.1, 0.15) is 25.3 Å². The number of sulfonamides is 1. The Morgan fingerprint density at radius 1 is 1.22 bits per heavy atom. The zero-order chi connectivity index (χ0) is 23.5. The minimum absolute atomic E-state index is 0.00486. The smallest absolute Gasteiger partial charge is 0.416 e. The molecule has 0 radical (unpaired) electrons. The van der Waals surface area contributed by atoms with Crippen molar-refractivity contribution in [2.24, 2.45) is 5.92 Å². The Hall–Kier alpha value is -2.30. The topological polar surface area (TPSA) is 75.7 Å². The number of piperidine rings is 1. The molecule has 2 aromatic carbocycles. The van der Waals surface area contributed by atoms with Crippen molar-refractivity contribution >= 4 is 33.2 Å². The number of alkyl halides is 3. The van der Waals surface area contributed by atoms with Crippen LogP contribution in [0.25, 0.3) is 0 Å². The fraction of sp³-hybridized carbons (Fsp3) is 0.381. The van der Waals surface area contributed by atoms with E-state index in [0.717, 1.165) is 12.1 Å². The van der Waals surface area contributed by atoms with Crippen LogP contribution in [0.3, 0.4) is 0 Å². The average Bonchev–Trinajstić information content (AvgIpc) is 2.75. The first kappa shape index (κ1) is 24.3. The molecule has 0 aromatic heterocycles. The van der Waals surface area contributed by atoms with Crippen LogP contribution >= 0.6 is 11.6 Å². The molecule has 1 fully saturated rings. The van der Waals surface area contributed by atoms with Gasteiger partial charge in [0.2, 0.25) is 15.9 Å². The highest BCUT2D eigenvalue weighted by Crippen LogP contribution is 2.32. The predicted molar refractivity (Wildman–Crippen MR) is 114 cm³/mol. The maximum atomic E-state index is 13.1. The molecule has 0 spiro atoms. The number of rotatable bonds is 6. The number of benzene rings is 2. The summed E-state index contributed by atoms with van der Waals surface area (Å²) >= 11 is 6.12. The molecule has 1 N–H and O–H groups in total. The minimum atomic E-state index is -4.47. The Bertz CT molecular complexity index is 1080. The number of amides is 1. The number of anilines is 1. The largest absolute Gasteiger partial charge is 0.492 e. The number of carbonyl (C=O) groups excluding carboxylic acids is 1. The van der Waals surface area contributed by atoms with E-state index >= 15 is 0 Å². The lowest BCUT2D eigenvalue weighted by atomic mass is 9.98. The van der Waals surface area contributed by atoms with Gasteiger partial charge in [0.05, 0.1) is 28.0 Å². The van der Waals surface area contributed by atoms with E-state index < -0.39 is 33.6 Å². The summed E-state index contributed by atoms with van der Waals surface area (Å²) in [6, 6.07) is 8.29. The normalized spacial score (nSPS) is 17.7. The highest BCUT2D eigenvalue weighted by atomic mass is 35.5. The number of nitrogens with zero attached hydrogens (tertiary/aromatic N) is 1. The van der Waals surface area contributed by atoms with Gasteiger partial charge in [0.15, 0.2) is 0 Å². The maximum absolute atomic E-state index is 13.1. The lowest BCUT2D eigenvalue weighted by molar-refractivity contribution is -0.137. The van der Waals surface area contributed by atoms with Gasteiger partial charge in [-0.3, -0.25) is 4.79 Å². The number of hydrogen-bond acceptors (Lipinski definition) is 4. The monoisotopic (exact) mass is 490 g/mol. The average molecular weight is 491 g/mol. The van der Waals surface area contributed by atoms with Crippen LogP contribution in [-0.4, -0.2) is 38.3 Å². The lowest BCUT2D eigenvalue weighted by Gasteiger charge is -2.31. The minimum Gasteiger partial charge on any atom is -0.492 e. The highest BCUT2D eigenvalue weighted by molar-refractivity contribution is 7.89. The zero-order valence-corrected chi connectivity index (χ0v) is 18.7. The Morgan fingerprint density at radius 3 is 2.50 bits per heavy atom. The molecule has 1 amide bonds. The van der Waals surface area contributed by atoms with Gasteiger partial charge < -0.3 is 10.1 Å². The third-order valence-electron chi connectivity index (χ3n) is 5.08. The van der Waals surface area contributed by atoms with Crippen LogP contribution < -0.4 is 10.1 Å². The molecule has 1 saturated heterocycles. The lowest BCUT2D eigenvalue weighted by Crippen LogP contribution is -2.43. The Labute approximate surface area is 189 Å². The molecule has 3 rings (SSSR count). The van der Waals surface area contributed by atoms with Gasteiger partial charge in [-0.2, -0.15) is 17.5 Å². The summed E-state index contributed by atoms with van der Waals surface area (Å²) in [6.45, 7) is 2.37. The highest BCUT2D eigenvalue weighted by Gasteiger charge is 2.34. The predicted octanol–water partition coefficient (Wildman–Crippen LogP) is 4.80. The number of hydrogen-bond donors (Lipinski definition) is 1. The van der Waals surface area contributed by atoms with Crippen LogP contribution in [0.15, 0.2) is 47.4 Å². The van der Waals surface area contributed by atoms with Crippen LogP contribution in [0.2, 0.25) is 5.02 Å². The molecule has 0 saturated carbocycles. The van der Waals surface area contributed by atoms with E-state index in [9.17, 15) is 26.4 Å². The molecule has 32 heavy (non-hydrogen) atoms. The molecular formula is C21H22ClF3N2O4S. The molecule has 11 heteroatoms. The molecule has 6 nitrogen and oxygen atoms in total. The molecule has 0 unspecified atom stereocenters. The van der Waals surface area contributed by atoms with Gasteiger partial charge in [-0.15, -0.1) is 0 Å². The quantitative estimate of drug-likeness (QED) is 0.631. The van der Waals surface area contributed by atoms with E-state index in [1.165, 1.54) is 34.6 Å². The molecule has 0 aliphatic carbocycles. The van der Waals surface area contributed by atoms with E-state index in [2.05, 4.69) is 5.32 Å². The van der Waals surface area contributed by atoms with Crippen molar-refractivity contribution in [3.05, 3.63) is 53.1 Å². The van der Waals surface area contributed by atoms with Gasteiger partial charge in [-0.25, -0.2) is 8.42 Å². The standard InChI is InChI=1S/C21H22ClF3N2O4S/c1-2-31-19-10-9-17(12-18(19)22)32(29,30)27-11-3-4-14(13-27)20(28)26-16-7-5-15(6-8-16)21(23,24)25/h5-10,12,14H,2-4,11,13H2,1H3,(H,26,28)/t14-/m1/s1. The second-order valence-electron chi connectivity index (χ2n) is 7.29. The Kier molecular flexibility index (Phi) is 7.36. The van der Waals surface area contributed by atoms with Crippen molar-refractivity contribution in [2.45, 2.75) is 30.8 Å². The van der Waals surface area contributed by atoms with E-state index in [1.54, 1.807) is 6.92 Å². The van der Waals surface area contributed by atoms with Crippen molar-refractivity contribution in [1.82, 2.24) is 4.31 Å². The molecule has 174 valence electrons. The fourth-order valence-corrected chi connectivity index (χ4v) is 5.28. The summed E-state index contributed by atoms with van der Waals surface area (Å²) in [6.07, 6.45) is -3.54. The Morgan fingerprint density at radius 2 is 1.91 bits per heavy atom. The number of nitrogens with one attached hydrogen (secondary N) is 1. The van der Waals surface area contributed by atoms with Crippen molar-refractivity contribution in [3.8, 4) is 5.75 Å². The molecule has 1 atom stereocenters. The third-order valence-corrected chi connectivity index (χ3v) is 7.23. The number of ether oxygens (including phenoxy) is 1. The zero-order valence-electron chi connectivity index (χ0n) is 17.2. The molecule has 1 aliphatic heterocycles. The molecule has 1 heterocycles. The van der Waals surface area contributed by atoms with Gasteiger partial charge in [0.25, 0.3) is 0 Å². The summed E-state index contributed by atoms with van der Waals surface area (Å²) in [7, 11) is -3.89. The van der Waals surface area contributed by atoms with Crippen molar-refractivity contribution < 1.29 is 31.1 Å². The molecular weight excluding hydrogens is 469 g/mol. The summed E-state index contributed by atoms with van der Waals surface area (Å²) in [4.78, 5) is 12.6. The van der Waals surface area contributed by atoms with Gasteiger partial charge in [-0.1, -0.05) is 11.6 Å². The van der Waals surface area contributed by atoms with Gasteiger partial charge in [0, 0.05) is 18.8 Å². The molecule has 0 bridgehead atoms. The molecule has 1 aliphatic rings. The van der Waals surface area contributed by atoms with Crippen LogP contribution in [0.5, 0.6) is 5.75 Å². The summed E-state index contributed by atoms with van der Waals surface area (Å²) in [5, 5.41) is 2.74. The van der Waals surface area contributed by atoms with Gasteiger partial charge in [-0.05, 0) is 62.2 Å². The maximum Gasteiger partial charge on any atom is 0.416 e. The van der Waals surface area contributed by atoms with Crippen molar-refractivity contribution in [2.75, 3.05) is 25.0 Å². The van der Waals surface area contributed by atoms with Crippen molar-refractivity contribution in [1.29, 1.82) is 0 Å². The van der Waals surface area contributed by atoms with E-state index in [4.69, 9.17) is 16.3 Å². The van der Waals surface area contributed by atoms with Crippen LogP contribution in [0.4, 0.5) is 18.9 Å². The summed E-state index contributed by atoms with van der Waals surface area (Å²) in [5.41, 5.74) is -0.610. The fourth-order valence-electron chi connectivity index (χ4n) is 3.43. The number of carbonyl (C=O) groups is 1. The first-order valence-corrected chi connectivity index (χ1v) is 11.7. The van der Waals surface area contributed by atoms with Gasteiger partial charge in [0.1, 0.15) is 5.75 Å². The van der Waals surface area contributed by atoms with Crippen LogP contribution in [-0.2, 0) is 21.0 Å². The third kappa shape index (κ3) is 5.54. The van der Waals surface area contributed by atoms with E-state index in [-0.39, 0.29) is 28.7 Å². The SMILES string of the molecule is CCOc1ccc(S(=O)(=O)N2CCC[C@@H](C(=O)Nc3ccc(C(F)(F)F)cc3)C2)cc1Cl. The van der Waals surface area contributed by atoms with Crippen LogP contribution in [0, 0.1) is 5.92 Å². The first-order chi connectivity index (χ1) is 15.0. The second-order valence-corrected chi connectivity index (χ2v) is 9.64. The molecule has 2 aromatic rings. The summed E-state index contributed by atoms with van der Waals surface area (Å²) < 4.78 is 70.7. The summed E-state index contributed by atoms with van der Waals surface area (Å²) in [5.74, 6) is -0.714. The van der Waals surface area contributed by atoms with Crippen molar-refractivity contribution in [3.63, 3.8) is 0 Å². The number of halogens is 4. The van der Waals surface area contributed by atoms with E-state index in [0.29, 0.717) is 25.2 Å². The second kappa shape index (κ2) is 9.68. The van der Waals surface area contributed by atoms with Gasteiger partial charge >= 0.3 is 6.18 Å². The first-order valence-electron chi connectivity index (χ1n) is 9.93.